The van der Waals surface area contributed by atoms with Gasteiger partial charge in [-0.1, -0.05) is 6.07 Å². The van der Waals surface area contributed by atoms with E-state index in [4.69, 9.17) is 5.73 Å². The predicted octanol–water partition coefficient (Wildman–Crippen LogP) is 3.01. The Bertz CT molecular complexity index is 460. The smallest absolute Gasteiger partial charge is 0.0552 e. The van der Waals surface area contributed by atoms with Crippen molar-refractivity contribution in [2.24, 2.45) is 0 Å². The fourth-order valence-corrected chi connectivity index (χ4v) is 2.08. The Morgan fingerprint density at radius 1 is 1.21 bits per heavy atom. The van der Waals surface area contributed by atoms with Crippen molar-refractivity contribution in [2.45, 2.75) is 13.8 Å². The summed E-state index contributed by atoms with van der Waals surface area (Å²) in [5.41, 5.74) is 9.99. The second kappa shape index (κ2) is 3.42. The van der Waals surface area contributed by atoms with E-state index in [-0.39, 0.29) is 0 Å². The Kier molecular flexibility index (Phi) is 2.25. The van der Waals surface area contributed by atoms with Crippen LogP contribution in [0.1, 0.15) is 11.3 Å². The van der Waals surface area contributed by atoms with Crippen molar-refractivity contribution in [1.29, 1.82) is 0 Å². The molecule has 2 rings (SSSR count). The first-order chi connectivity index (χ1) is 6.66. The number of rotatable bonds is 1. The molecule has 0 aliphatic carbocycles. The van der Waals surface area contributed by atoms with E-state index in [2.05, 4.69) is 16.5 Å². The van der Waals surface area contributed by atoms with Gasteiger partial charge in [0.1, 0.15) is 0 Å². The number of aromatic nitrogens is 1. The number of hydrogen-bond acceptors (Lipinski definition) is 3. The van der Waals surface area contributed by atoms with Crippen molar-refractivity contribution in [3.8, 4) is 10.4 Å². The van der Waals surface area contributed by atoms with Crippen LogP contribution in [0.5, 0.6) is 0 Å². The molecule has 0 radical (unpaired) electrons. The molecule has 0 amide bonds. The zero-order valence-electron chi connectivity index (χ0n) is 8.24. The summed E-state index contributed by atoms with van der Waals surface area (Å²) < 4.78 is 4.26. The van der Waals surface area contributed by atoms with Crippen molar-refractivity contribution < 1.29 is 0 Å². The van der Waals surface area contributed by atoms with E-state index in [1.807, 2.05) is 26.0 Å². The first-order valence-corrected chi connectivity index (χ1v) is 5.24. The highest BCUT2D eigenvalue weighted by molar-refractivity contribution is 7.09. The average molecular weight is 204 g/mol. The molecule has 0 atom stereocenters. The molecule has 1 aromatic heterocycles. The molecule has 2 aromatic rings. The minimum Gasteiger partial charge on any atom is -0.399 e. The van der Waals surface area contributed by atoms with Gasteiger partial charge in [-0.3, -0.25) is 0 Å². The summed E-state index contributed by atoms with van der Waals surface area (Å²) in [6.45, 7) is 4.02. The third-order valence-electron chi connectivity index (χ3n) is 2.18. The number of aryl methyl sites for hydroxylation is 2. The lowest BCUT2D eigenvalue weighted by molar-refractivity contribution is 1.35. The third kappa shape index (κ3) is 1.63. The standard InChI is InChI=1S/C11H12N2S/c1-7-5-9(3-4-10(7)12)11-6-8(2)13-14-11/h3-6H,12H2,1-2H3. The lowest BCUT2D eigenvalue weighted by atomic mass is 10.1. The van der Waals surface area contributed by atoms with Gasteiger partial charge in [-0.05, 0) is 54.7 Å². The fourth-order valence-electron chi connectivity index (χ4n) is 1.33. The van der Waals surface area contributed by atoms with Crippen LogP contribution < -0.4 is 5.73 Å². The number of benzene rings is 1. The molecule has 0 aliphatic rings. The van der Waals surface area contributed by atoms with Gasteiger partial charge in [0.2, 0.25) is 0 Å². The minimum absolute atomic E-state index is 0.843. The lowest BCUT2D eigenvalue weighted by Crippen LogP contribution is -1.88. The van der Waals surface area contributed by atoms with Crippen LogP contribution in [0.3, 0.4) is 0 Å². The van der Waals surface area contributed by atoms with Crippen molar-refractivity contribution in [2.75, 3.05) is 5.73 Å². The van der Waals surface area contributed by atoms with Gasteiger partial charge in [0.25, 0.3) is 0 Å². The molecule has 14 heavy (non-hydrogen) atoms. The van der Waals surface area contributed by atoms with Crippen LogP contribution in [0.25, 0.3) is 10.4 Å². The molecular formula is C11H12N2S. The summed E-state index contributed by atoms with van der Waals surface area (Å²) in [6, 6.07) is 8.17. The summed E-state index contributed by atoms with van der Waals surface area (Å²) >= 11 is 1.53. The van der Waals surface area contributed by atoms with Gasteiger partial charge >= 0.3 is 0 Å². The number of anilines is 1. The van der Waals surface area contributed by atoms with Gasteiger partial charge in [0, 0.05) is 5.69 Å². The van der Waals surface area contributed by atoms with Gasteiger partial charge in [0.05, 0.1) is 10.6 Å². The average Bonchev–Trinajstić information content (AvgIpc) is 2.57. The molecule has 1 heterocycles. The molecule has 1 aromatic carbocycles. The van der Waals surface area contributed by atoms with E-state index in [0.717, 1.165) is 16.9 Å². The lowest BCUT2D eigenvalue weighted by Gasteiger charge is -2.01. The van der Waals surface area contributed by atoms with Crippen LogP contribution in [-0.2, 0) is 0 Å². The second-order valence-electron chi connectivity index (χ2n) is 3.40. The van der Waals surface area contributed by atoms with E-state index in [1.54, 1.807) is 0 Å². The van der Waals surface area contributed by atoms with Crippen LogP contribution in [0, 0.1) is 13.8 Å². The largest absolute Gasteiger partial charge is 0.399 e. The normalized spacial score (nSPS) is 10.4. The van der Waals surface area contributed by atoms with Gasteiger partial charge in [0.15, 0.2) is 0 Å². The number of nitrogen functional groups attached to an aromatic ring is 1. The Morgan fingerprint density at radius 3 is 2.57 bits per heavy atom. The molecule has 0 saturated carbocycles. The molecule has 72 valence electrons. The molecule has 0 spiro atoms. The summed E-state index contributed by atoms with van der Waals surface area (Å²) in [6.07, 6.45) is 0. The van der Waals surface area contributed by atoms with Crippen molar-refractivity contribution in [3.63, 3.8) is 0 Å². The molecule has 0 aliphatic heterocycles. The van der Waals surface area contributed by atoms with Crippen LogP contribution >= 0.6 is 11.5 Å². The number of hydrogen-bond donors (Lipinski definition) is 1. The molecule has 0 fully saturated rings. The zero-order valence-corrected chi connectivity index (χ0v) is 9.06. The topological polar surface area (TPSA) is 38.9 Å². The predicted molar refractivity (Wildman–Crippen MR) is 61.4 cm³/mol. The van der Waals surface area contributed by atoms with Crippen LogP contribution in [0.4, 0.5) is 5.69 Å². The number of nitrogens with zero attached hydrogens (tertiary/aromatic N) is 1. The summed E-state index contributed by atoms with van der Waals surface area (Å²) in [5, 5.41) is 0. The van der Waals surface area contributed by atoms with Gasteiger partial charge in [-0.15, -0.1) is 0 Å². The van der Waals surface area contributed by atoms with E-state index >= 15 is 0 Å². The Balaban J connectivity index is 2.47. The van der Waals surface area contributed by atoms with Crippen molar-refractivity contribution >= 4 is 17.2 Å². The summed E-state index contributed by atoms with van der Waals surface area (Å²) in [5.74, 6) is 0. The molecule has 0 saturated heterocycles. The Hall–Kier alpha value is -1.35. The van der Waals surface area contributed by atoms with Crippen molar-refractivity contribution in [3.05, 3.63) is 35.5 Å². The molecule has 2 N–H and O–H groups in total. The first kappa shape index (κ1) is 9.21. The van der Waals surface area contributed by atoms with Gasteiger partial charge in [-0.2, -0.15) is 4.37 Å². The maximum atomic E-state index is 5.76. The highest BCUT2D eigenvalue weighted by Crippen LogP contribution is 2.26. The SMILES string of the molecule is Cc1cc(-c2ccc(N)c(C)c2)sn1. The van der Waals surface area contributed by atoms with E-state index < -0.39 is 0 Å². The fraction of sp³-hybridized carbons (Fsp3) is 0.182. The minimum atomic E-state index is 0.843. The second-order valence-corrected chi connectivity index (χ2v) is 4.21. The maximum absolute atomic E-state index is 5.76. The van der Waals surface area contributed by atoms with Gasteiger partial charge < -0.3 is 5.73 Å². The summed E-state index contributed by atoms with van der Waals surface area (Å²) in [4.78, 5) is 1.20. The molecule has 2 nitrogen and oxygen atoms in total. The third-order valence-corrected chi connectivity index (χ3v) is 3.11. The highest BCUT2D eigenvalue weighted by atomic mass is 32.1. The van der Waals surface area contributed by atoms with E-state index in [9.17, 15) is 0 Å². The monoisotopic (exact) mass is 204 g/mol. The van der Waals surface area contributed by atoms with E-state index in [1.165, 1.54) is 22.0 Å². The Morgan fingerprint density at radius 2 is 2.00 bits per heavy atom. The maximum Gasteiger partial charge on any atom is 0.0552 e. The highest BCUT2D eigenvalue weighted by Gasteiger charge is 2.02. The molecule has 0 bridgehead atoms. The number of nitrogens with two attached hydrogens (primary N) is 1. The quantitative estimate of drug-likeness (QED) is 0.725. The van der Waals surface area contributed by atoms with Crippen molar-refractivity contribution in [1.82, 2.24) is 4.37 Å². The Labute approximate surface area is 87.6 Å². The first-order valence-electron chi connectivity index (χ1n) is 4.46. The van der Waals surface area contributed by atoms with Crippen LogP contribution in [0.15, 0.2) is 24.3 Å². The van der Waals surface area contributed by atoms with Crippen LogP contribution in [0.2, 0.25) is 0 Å². The van der Waals surface area contributed by atoms with Gasteiger partial charge in [-0.25, -0.2) is 0 Å². The molecule has 0 unspecified atom stereocenters. The summed E-state index contributed by atoms with van der Waals surface area (Å²) in [7, 11) is 0. The van der Waals surface area contributed by atoms with E-state index in [0.29, 0.717) is 0 Å². The van der Waals surface area contributed by atoms with Crippen LogP contribution in [-0.4, -0.2) is 4.37 Å². The molecular weight excluding hydrogens is 192 g/mol. The zero-order chi connectivity index (χ0) is 10.1. The molecule has 3 heteroatoms.